The average Bonchev–Trinajstić information content (AvgIpc) is 3.31. The molecule has 1 aliphatic heterocycles. The minimum atomic E-state index is -0.0588. The van der Waals surface area contributed by atoms with Gasteiger partial charge in [-0.2, -0.15) is 0 Å². The van der Waals surface area contributed by atoms with E-state index in [1.165, 1.54) is 11.6 Å². The first kappa shape index (κ1) is 19.0. The maximum absolute atomic E-state index is 12.5. The molecule has 150 valence electrons. The second-order valence-corrected chi connectivity index (χ2v) is 6.91. The number of piperazine rings is 1. The summed E-state index contributed by atoms with van der Waals surface area (Å²) < 4.78 is 5.24. The summed E-state index contributed by atoms with van der Waals surface area (Å²) in [6, 6.07) is 13.7. The van der Waals surface area contributed by atoms with Crippen molar-refractivity contribution in [1.82, 2.24) is 20.1 Å². The molecule has 3 heterocycles. The van der Waals surface area contributed by atoms with Crippen LogP contribution in [0.3, 0.4) is 0 Å². The van der Waals surface area contributed by atoms with E-state index in [1.54, 1.807) is 12.1 Å². The number of fused-ring (bicyclic) bond motifs is 1. The molecule has 1 fully saturated rings. The highest BCUT2D eigenvalue weighted by Crippen LogP contribution is 2.17. The lowest BCUT2D eigenvalue weighted by molar-refractivity contribution is 0.0657. The molecular weight excluding hydrogens is 366 g/mol. The summed E-state index contributed by atoms with van der Waals surface area (Å²) >= 11 is 0. The molecule has 0 unspecified atom stereocenters. The van der Waals surface area contributed by atoms with Crippen molar-refractivity contribution in [2.45, 2.75) is 13.5 Å². The normalized spacial score (nSPS) is 15.0. The maximum Gasteiger partial charge on any atom is 0.289 e. The van der Waals surface area contributed by atoms with Crippen molar-refractivity contribution in [1.29, 1.82) is 0 Å². The molecule has 1 aliphatic rings. The Labute approximate surface area is 170 Å². The number of nitrogens with one attached hydrogen (secondary N) is 1. The number of carbonyl (C=O) groups excluding carboxylic acids is 1. The number of rotatable bonds is 4. The van der Waals surface area contributed by atoms with Crippen LogP contribution in [0.25, 0.3) is 10.8 Å². The van der Waals surface area contributed by atoms with E-state index in [2.05, 4.69) is 34.3 Å². The molecule has 29 heavy (non-hydrogen) atoms. The second-order valence-electron chi connectivity index (χ2n) is 6.91. The molecule has 7 nitrogen and oxygen atoms in total. The summed E-state index contributed by atoms with van der Waals surface area (Å²) in [5, 5.41) is 5.67. The minimum absolute atomic E-state index is 0.0588. The van der Waals surface area contributed by atoms with Crippen molar-refractivity contribution >= 4 is 22.6 Å². The Bertz CT molecular complexity index is 986. The van der Waals surface area contributed by atoms with Gasteiger partial charge in [-0.15, -0.1) is 0 Å². The van der Waals surface area contributed by atoms with Gasteiger partial charge in [0.1, 0.15) is 0 Å². The Morgan fingerprint density at radius 3 is 2.66 bits per heavy atom. The van der Waals surface area contributed by atoms with E-state index < -0.39 is 0 Å². The molecule has 0 bridgehead atoms. The van der Waals surface area contributed by atoms with E-state index in [9.17, 15) is 4.79 Å². The zero-order chi connectivity index (χ0) is 20.1. The fourth-order valence-corrected chi connectivity index (χ4v) is 3.56. The number of furan rings is 1. The maximum atomic E-state index is 12.5. The second kappa shape index (κ2) is 8.77. The van der Waals surface area contributed by atoms with E-state index in [-0.39, 0.29) is 5.91 Å². The number of carbonyl (C=O) groups is 1. The molecule has 0 saturated carbocycles. The molecule has 0 aliphatic carbocycles. The number of nitrogens with zero attached hydrogens (tertiary/aromatic N) is 4. The number of amides is 1. The summed E-state index contributed by atoms with van der Waals surface area (Å²) in [5.41, 5.74) is 0.963. The monoisotopic (exact) mass is 391 g/mol. The van der Waals surface area contributed by atoms with Crippen molar-refractivity contribution in [2.75, 3.05) is 32.7 Å². The molecule has 1 N–H and O–H groups in total. The van der Waals surface area contributed by atoms with Gasteiger partial charge in [-0.05, 0) is 30.5 Å². The number of benzene rings is 1. The standard InChI is InChI=1S/C22H25N5O2/c1-2-23-22(25-16-19-18-7-4-3-6-17(18)9-10-24-19)27-13-11-26(12-14-27)21(28)20-8-5-15-29-20/h3-10,15H,2,11-14,16H2,1H3,(H,23,25). The molecule has 3 aromatic rings. The van der Waals surface area contributed by atoms with Crippen LogP contribution in [0, 0.1) is 0 Å². The van der Waals surface area contributed by atoms with Gasteiger partial charge in [0.25, 0.3) is 5.91 Å². The van der Waals surface area contributed by atoms with Crippen LogP contribution in [0.5, 0.6) is 0 Å². The lowest BCUT2D eigenvalue weighted by Crippen LogP contribution is -2.53. The van der Waals surface area contributed by atoms with Crippen LogP contribution in [0.15, 0.2) is 64.3 Å². The van der Waals surface area contributed by atoms with Crippen molar-refractivity contribution in [3.8, 4) is 0 Å². The number of aromatic nitrogens is 1. The highest BCUT2D eigenvalue weighted by atomic mass is 16.3. The molecular formula is C22H25N5O2. The third-order valence-electron chi connectivity index (χ3n) is 5.07. The molecule has 0 radical (unpaired) electrons. The molecule has 1 aromatic carbocycles. The van der Waals surface area contributed by atoms with Crippen LogP contribution in [0.2, 0.25) is 0 Å². The first-order chi connectivity index (χ1) is 14.3. The predicted molar refractivity (Wildman–Crippen MR) is 113 cm³/mol. The van der Waals surface area contributed by atoms with Crippen LogP contribution in [0.4, 0.5) is 0 Å². The zero-order valence-electron chi connectivity index (χ0n) is 16.5. The van der Waals surface area contributed by atoms with Crippen molar-refractivity contribution in [3.05, 3.63) is 66.4 Å². The van der Waals surface area contributed by atoms with E-state index in [0.717, 1.165) is 36.7 Å². The Hall–Kier alpha value is -3.35. The first-order valence-corrected chi connectivity index (χ1v) is 9.95. The van der Waals surface area contributed by atoms with Gasteiger partial charge in [0.15, 0.2) is 11.7 Å². The Balaban J connectivity index is 1.44. The predicted octanol–water partition coefficient (Wildman–Crippen LogP) is 2.75. The first-order valence-electron chi connectivity index (χ1n) is 9.95. The fourth-order valence-electron chi connectivity index (χ4n) is 3.56. The summed E-state index contributed by atoms with van der Waals surface area (Å²) in [5.74, 6) is 1.19. The number of pyridine rings is 1. The highest BCUT2D eigenvalue weighted by molar-refractivity contribution is 5.91. The summed E-state index contributed by atoms with van der Waals surface area (Å²) in [6.45, 7) is 6.07. The zero-order valence-corrected chi connectivity index (χ0v) is 16.5. The third-order valence-corrected chi connectivity index (χ3v) is 5.07. The van der Waals surface area contributed by atoms with Gasteiger partial charge in [-0.3, -0.25) is 9.78 Å². The quantitative estimate of drug-likeness (QED) is 0.547. The topological polar surface area (TPSA) is 74.0 Å². The molecule has 4 rings (SSSR count). The molecule has 2 aromatic heterocycles. The highest BCUT2D eigenvalue weighted by Gasteiger charge is 2.25. The van der Waals surface area contributed by atoms with E-state index in [1.807, 2.05) is 29.3 Å². The van der Waals surface area contributed by atoms with Gasteiger partial charge in [-0.1, -0.05) is 24.3 Å². The van der Waals surface area contributed by atoms with E-state index in [0.29, 0.717) is 25.4 Å². The minimum Gasteiger partial charge on any atom is -0.459 e. The van der Waals surface area contributed by atoms with Crippen LogP contribution in [-0.2, 0) is 6.54 Å². The van der Waals surface area contributed by atoms with Gasteiger partial charge in [0, 0.05) is 44.3 Å². The number of hydrogen-bond donors (Lipinski definition) is 1. The summed E-state index contributed by atoms with van der Waals surface area (Å²) in [4.78, 5) is 25.8. The van der Waals surface area contributed by atoms with Gasteiger partial charge >= 0.3 is 0 Å². The average molecular weight is 391 g/mol. The smallest absolute Gasteiger partial charge is 0.289 e. The van der Waals surface area contributed by atoms with Crippen LogP contribution < -0.4 is 5.32 Å². The van der Waals surface area contributed by atoms with Crippen LogP contribution in [0.1, 0.15) is 23.2 Å². The van der Waals surface area contributed by atoms with Gasteiger partial charge in [0.05, 0.1) is 18.5 Å². The summed E-state index contributed by atoms with van der Waals surface area (Å²) in [7, 11) is 0. The third kappa shape index (κ3) is 4.23. The Kier molecular flexibility index (Phi) is 5.74. The van der Waals surface area contributed by atoms with Crippen LogP contribution in [-0.4, -0.2) is 59.4 Å². The van der Waals surface area contributed by atoms with Crippen molar-refractivity contribution in [2.24, 2.45) is 4.99 Å². The fraction of sp³-hybridized carbons (Fsp3) is 0.318. The number of guanidine groups is 1. The molecule has 0 spiro atoms. The van der Waals surface area contributed by atoms with Gasteiger partial charge in [-0.25, -0.2) is 4.99 Å². The lowest BCUT2D eigenvalue weighted by atomic mass is 10.1. The van der Waals surface area contributed by atoms with Gasteiger partial charge < -0.3 is 19.5 Å². The van der Waals surface area contributed by atoms with Gasteiger partial charge in [0.2, 0.25) is 0 Å². The molecule has 1 saturated heterocycles. The SMILES string of the molecule is CCNC(=NCc1nccc2ccccc12)N1CCN(C(=O)c2ccco2)CC1. The van der Waals surface area contributed by atoms with E-state index >= 15 is 0 Å². The molecule has 7 heteroatoms. The number of aliphatic imine (C=N–C) groups is 1. The molecule has 1 amide bonds. The van der Waals surface area contributed by atoms with Crippen molar-refractivity contribution in [3.63, 3.8) is 0 Å². The van der Waals surface area contributed by atoms with Crippen molar-refractivity contribution < 1.29 is 9.21 Å². The number of hydrogen-bond acceptors (Lipinski definition) is 4. The Morgan fingerprint density at radius 1 is 1.10 bits per heavy atom. The Morgan fingerprint density at radius 2 is 1.90 bits per heavy atom. The largest absolute Gasteiger partial charge is 0.459 e. The van der Waals surface area contributed by atoms with Crippen LogP contribution >= 0.6 is 0 Å². The van der Waals surface area contributed by atoms with E-state index in [4.69, 9.17) is 9.41 Å². The molecule has 0 atom stereocenters. The lowest BCUT2D eigenvalue weighted by Gasteiger charge is -2.36. The summed E-state index contributed by atoms with van der Waals surface area (Å²) in [6.07, 6.45) is 3.36.